The molecule has 4 aromatic rings. The topological polar surface area (TPSA) is 50.8 Å². The normalized spacial score (nSPS) is 10.2. The summed E-state index contributed by atoms with van der Waals surface area (Å²) in [4.78, 5) is 2.23. The second kappa shape index (κ2) is 10.4. The van der Waals surface area contributed by atoms with Crippen LogP contribution in [0.4, 0.5) is 17.1 Å². The summed E-state index contributed by atoms with van der Waals surface area (Å²) in [6.07, 6.45) is 5.70. The lowest BCUT2D eigenvalue weighted by Gasteiger charge is -2.25. The molecule has 33 heavy (non-hydrogen) atoms. The van der Waals surface area contributed by atoms with Crippen LogP contribution >= 0.6 is 0 Å². The van der Waals surface area contributed by atoms with E-state index in [9.17, 15) is 0 Å². The van der Waals surface area contributed by atoms with E-state index in [2.05, 4.69) is 59.5 Å². The summed E-state index contributed by atoms with van der Waals surface area (Å²) < 4.78 is 0. The Labute approximate surface area is 194 Å². The second-order valence-electron chi connectivity index (χ2n) is 7.38. The van der Waals surface area contributed by atoms with Crippen molar-refractivity contribution in [1.82, 2.24) is 0 Å². The molecule has 0 N–H and O–H groups in total. The Morgan fingerprint density at radius 2 is 0.909 bits per heavy atom. The van der Waals surface area contributed by atoms with E-state index in [-0.39, 0.29) is 5.57 Å². The average Bonchev–Trinajstić information content (AvgIpc) is 2.89. The number of benzene rings is 4. The Balaban J connectivity index is 1.54. The molecule has 0 spiro atoms. The fourth-order valence-electron chi connectivity index (χ4n) is 3.49. The highest BCUT2D eigenvalue weighted by Gasteiger charge is 2.11. The molecule has 0 radical (unpaired) electrons. The summed E-state index contributed by atoms with van der Waals surface area (Å²) in [5, 5.41) is 17.8. The summed E-state index contributed by atoms with van der Waals surface area (Å²) in [6, 6.07) is 40.6. The van der Waals surface area contributed by atoms with Crippen LogP contribution in [0.2, 0.25) is 0 Å². The number of allylic oxidation sites excluding steroid dienone is 1. The number of nitriles is 2. The van der Waals surface area contributed by atoms with Gasteiger partial charge in [-0.3, -0.25) is 0 Å². The molecule has 0 unspecified atom stereocenters. The highest BCUT2D eigenvalue weighted by Crippen LogP contribution is 2.34. The number of hydrogen-bond acceptors (Lipinski definition) is 3. The molecule has 3 nitrogen and oxygen atoms in total. The van der Waals surface area contributed by atoms with Crippen molar-refractivity contribution in [3.8, 4) is 12.1 Å². The van der Waals surface area contributed by atoms with Crippen molar-refractivity contribution in [3.63, 3.8) is 0 Å². The summed E-state index contributed by atoms with van der Waals surface area (Å²) in [6.45, 7) is 0. The summed E-state index contributed by atoms with van der Waals surface area (Å²) in [5.74, 6) is 0. The van der Waals surface area contributed by atoms with Crippen LogP contribution in [0.3, 0.4) is 0 Å². The molecule has 156 valence electrons. The van der Waals surface area contributed by atoms with Gasteiger partial charge in [0.15, 0.2) is 0 Å². The van der Waals surface area contributed by atoms with E-state index in [0.717, 1.165) is 33.8 Å². The van der Waals surface area contributed by atoms with Gasteiger partial charge in [-0.15, -0.1) is 0 Å². The van der Waals surface area contributed by atoms with Gasteiger partial charge < -0.3 is 4.90 Å². The highest BCUT2D eigenvalue weighted by molar-refractivity contribution is 5.78. The highest BCUT2D eigenvalue weighted by atomic mass is 15.1. The van der Waals surface area contributed by atoms with Gasteiger partial charge in [-0.05, 0) is 59.2 Å². The van der Waals surface area contributed by atoms with Crippen molar-refractivity contribution in [3.05, 3.63) is 131 Å². The lowest BCUT2D eigenvalue weighted by molar-refractivity contribution is 1.28. The van der Waals surface area contributed by atoms with Crippen LogP contribution in [-0.4, -0.2) is 0 Å². The van der Waals surface area contributed by atoms with E-state index in [1.165, 1.54) is 0 Å². The molecular weight excluding hydrogens is 402 g/mol. The smallest absolute Gasteiger partial charge is 0.130 e. The minimum absolute atomic E-state index is 0.0958. The van der Waals surface area contributed by atoms with E-state index >= 15 is 0 Å². The van der Waals surface area contributed by atoms with Gasteiger partial charge in [0.25, 0.3) is 0 Å². The molecule has 0 aromatic heterocycles. The largest absolute Gasteiger partial charge is 0.311 e. The summed E-state index contributed by atoms with van der Waals surface area (Å²) in [7, 11) is 0. The summed E-state index contributed by atoms with van der Waals surface area (Å²) >= 11 is 0. The van der Waals surface area contributed by atoms with Crippen LogP contribution in [0.5, 0.6) is 0 Å². The third kappa shape index (κ3) is 5.44. The molecule has 0 bridgehead atoms. The SMILES string of the molecule is N#CC(C#N)=Cc1ccc(/C=C/c2ccc(N(c3ccccc3)c3ccccc3)cc2)cc1. The standard InChI is InChI=1S/C30H21N3/c31-22-27(23-32)21-26-15-13-24(14-16-26)11-12-25-17-19-30(20-18-25)33(28-7-3-1-4-8-28)29-9-5-2-6-10-29/h1-21H/b12-11+. The van der Waals surface area contributed by atoms with E-state index in [1.807, 2.05) is 78.9 Å². The molecule has 0 aliphatic heterocycles. The van der Waals surface area contributed by atoms with Gasteiger partial charge in [0.1, 0.15) is 17.7 Å². The molecular formula is C30H21N3. The van der Waals surface area contributed by atoms with Gasteiger partial charge in [0.05, 0.1) is 0 Å². The quantitative estimate of drug-likeness (QED) is 0.235. The molecule has 0 saturated carbocycles. The zero-order valence-corrected chi connectivity index (χ0v) is 18.0. The van der Waals surface area contributed by atoms with Crippen molar-refractivity contribution in [1.29, 1.82) is 10.5 Å². The predicted molar refractivity (Wildman–Crippen MR) is 136 cm³/mol. The first-order chi connectivity index (χ1) is 16.3. The minimum Gasteiger partial charge on any atom is -0.311 e. The monoisotopic (exact) mass is 423 g/mol. The van der Waals surface area contributed by atoms with Crippen molar-refractivity contribution in [2.45, 2.75) is 0 Å². The maximum absolute atomic E-state index is 8.88. The van der Waals surface area contributed by atoms with Crippen molar-refractivity contribution in [2.75, 3.05) is 4.90 Å². The second-order valence-corrected chi connectivity index (χ2v) is 7.38. The number of para-hydroxylation sites is 2. The molecule has 3 heteroatoms. The van der Waals surface area contributed by atoms with Crippen LogP contribution in [0.15, 0.2) is 115 Å². The Hall–Kier alpha value is -4.86. The first kappa shape index (κ1) is 21.4. The Morgan fingerprint density at radius 1 is 0.515 bits per heavy atom. The van der Waals surface area contributed by atoms with Crippen LogP contribution in [0.25, 0.3) is 18.2 Å². The predicted octanol–water partition coefficient (Wildman–Crippen LogP) is 7.76. The maximum Gasteiger partial charge on any atom is 0.130 e. The number of rotatable bonds is 6. The average molecular weight is 424 g/mol. The van der Waals surface area contributed by atoms with E-state index in [4.69, 9.17) is 10.5 Å². The molecule has 4 rings (SSSR count). The van der Waals surface area contributed by atoms with Crippen LogP contribution in [-0.2, 0) is 0 Å². The Bertz CT molecular complexity index is 1280. The third-order valence-electron chi connectivity index (χ3n) is 5.14. The van der Waals surface area contributed by atoms with Crippen LogP contribution in [0.1, 0.15) is 16.7 Å². The first-order valence-corrected chi connectivity index (χ1v) is 10.6. The lowest BCUT2D eigenvalue weighted by Crippen LogP contribution is -2.09. The lowest BCUT2D eigenvalue weighted by atomic mass is 10.1. The molecule has 4 aromatic carbocycles. The van der Waals surface area contributed by atoms with Crippen LogP contribution in [0, 0.1) is 22.7 Å². The minimum atomic E-state index is 0.0958. The molecule has 0 aliphatic carbocycles. The van der Waals surface area contributed by atoms with Gasteiger partial charge in [0.2, 0.25) is 0 Å². The Morgan fingerprint density at radius 3 is 1.36 bits per heavy atom. The van der Waals surface area contributed by atoms with Crippen LogP contribution < -0.4 is 4.90 Å². The summed E-state index contributed by atoms with van der Waals surface area (Å²) in [5.41, 5.74) is 6.37. The van der Waals surface area contributed by atoms with E-state index < -0.39 is 0 Å². The van der Waals surface area contributed by atoms with E-state index in [0.29, 0.717) is 0 Å². The van der Waals surface area contributed by atoms with Gasteiger partial charge in [-0.1, -0.05) is 84.9 Å². The van der Waals surface area contributed by atoms with Crippen molar-refractivity contribution < 1.29 is 0 Å². The number of hydrogen-bond donors (Lipinski definition) is 0. The van der Waals surface area contributed by atoms with Gasteiger partial charge in [0, 0.05) is 17.1 Å². The zero-order chi connectivity index (χ0) is 22.9. The van der Waals surface area contributed by atoms with Gasteiger partial charge in [-0.2, -0.15) is 10.5 Å². The molecule has 0 heterocycles. The fraction of sp³-hybridized carbons (Fsp3) is 0. The number of nitrogens with zero attached hydrogens (tertiary/aromatic N) is 3. The zero-order valence-electron chi connectivity index (χ0n) is 18.0. The third-order valence-corrected chi connectivity index (χ3v) is 5.14. The van der Waals surface area contributed by atoms with E-state index in [1.54, 1.807) is 6.08 Å². The van der Waals surface area contributed by atoms with Gasteiger partial charge in [-0.25, -0.2) is 0 Å². The molecule has 0 fully saturated rings. The number of anilines is 3. The van der Waals surface area contributed by atoms with Crippen molar-refractivity contribution >= 4 is 35.3 Å². The molecule has 0 saturated heterocycles. The molecule has 0 atom stereocenters. The van der Waals surface area contributed by atoms with Gasteiger partial charge >= 0.3 is 0 Å². The first-order valence-electron chi connectivity index (χ1n) is 10.6. The molecule has 0 aliphatic rings. The fourth-order valence-corrected chi connectivity index (χ4v) is 3.49. The molecule has 0 amide bonds. The maximum atomic E-state index is 8.88. The van der Waals surface area contributed by atoms with Crippen molar-refractivity contribution in [2.24, 2.45) is 0 Å². The Kier molecular flexibility index (Phi) is 6.76.